The summed E-state index contributed by atoms with van der Waals surface area (Å²) in [5.74, 6) is 0.840. The lowest BCUT2D eigenvalue weighted by molar-refractivity contribution is 0.0973. The van der Waals surface area contributed by atoms with Gasteiger partial charge in [-0.15, -0.1) is 10.2 Å². The van der Waals surface area contributed by atoms with Gasteiger partial charge in [0.25, 0.3) is 0 Å². The Labute approximate surface area is 188 Å². The maximum atomic E-state index is 6.45. The molecule has 2 aromatic heterocycles. The van der Waals surface area contributed by atoms with Gasteiger partial charge in [0.1, 0.15) is 6.33 Å². The third-order valence-corrected chi connectivity index (χ3v) is 8.30. The molecule has 2 fully saturated rings. The molecule has 2 N–H and O–H groups in total. The third kappa shape index (κ3) is 3.35. The normalized spacial score (nSPS) is 23.5. The summed E-state index contributed by atoms with van der Waals surface area (Å²) in [7, 11) is 0. The summed E-state index contributed by atoms with van der Waals surface area (Å²) >= 11 is 14.0. The van der Waals surface area contributed by atoms with Crippen LogP contribution in [0.5, 0.6) is 0 Å². The van der Waals surface area contributed by atoms with Gasteiger partial charge < -0.3 is 15.4 Å². The Kier molecular flexibility index (Phi) is 5.31. The van der Waals surface area contributed by atoms with Crippen LogP contribution in [0.2, 0.25) is 10.0 Å². The van der Waals surface area contributed by atoms with Crippen LogP contribution in [0, 0.1) is 5.41 Å². The van der Waals surface area contributed by atoms with Crippen LogP contribution < -0.4 is 10.6 Å². The van der Waals surface area contributed by atoms with Gasteiger partial charge in [-0.25, -0.2) is 9.38 Å². The molecule has 2 aliphatic rings. The molecule has 2 atom stereocenters. The number of hydrogen-bond acceptors (Lipinski definition) is 7. The van der Waals surface area contributed by atoms with Crippen molar-refractivity contribution >= 4 is 46.6 Å². The quantitative estimate of drug-likeness (QED) is 0.628. The maximum absolute atomic E-state index is 6.45. The van der Waals surface area contributed by atoms with Gasteiger partial charge in [0.2, 0.25) is 5.95 Å². The molecule has 2 saturated heterocycles. The second-order valence-electron chi connectivity index (χ2n) is 7.99. The fourth-order valence-corrected chi connectivity index (χ4v) is 5.79. The predicted molar refractivity (Wildman–Crippen MR) is 119 cm³/mol. The molecule has 0 amide bonds. The number of ether oxygens (including phenoxy) is 1. The van der Waals surface area contributed by atoms with Crippen LogP contribution in [0.1, 0.15) is 19.8 Å². The lowest BCUT2D eigenvalue weighted by atomic mass is 9.73. The molecule has 1 spiro atoms. The summed E-state index contributed by atoms with van der Waals surface area (Å²) in [5, 5.41) is 9.50. The Morgan fingerprint density at radius 3 is 2.77 bits per heavy atom. The standard InChI is InChI=1S/C20H22Cl2N6OS/c1-12-17(23)20(10-29-12)5-7-27(8-6-20)19-24-9-15(18-26-25-11-28(18)19)30-14-4-2-3-13(21)16(14)22/h2-4,9,11-12,17H,5-8,10,23H2,1H3/t12-,17+/m1/s1. The van der Waals surface area contributed by atoms with Crippen LogP contribution in [0.25, 0.3) is 5.65 Å². The summed E-state index contributed by atoms with van der Waals surface area (Å²) in [6, 6.07) is 5.66. The third-order valence-electron chi connectivity index (χ3n) is 6.31. The van der Waals surface area contributed by atoms with E-state index in [1.165, 1.54) is 11.8 Å². The van der Waals surface area contributed by atoms with E-state index in [1.54, 1.807) is 12.4 Å². The van der Waals surface area contributed by atoms with Crippen LogP contribution >= 0.6 is 35.0 Å². The van der Waals surface area contributed by atoms with Crippen LogP contribution in [-0.4, -0.2) is 51.4 Å². The SMILES string of the molecule is C[C@H]1OCC2(CCN(c3ncc(Sc4cccc(Cl)c4Cl)c4nncn34)CC2)[C@H]1N. The fourth-order valence-electron chi connectivity index (χ4n) is 4.40. The number of nitrogens with two attached hydrogens (primary N) is 1. The molecule has 0 radical (unpaired) electrons. The Balaban J connectivity index is 1.40. The van der Waals surface area contributed by atoms with Crippen molar-refractivity contribution < 1.29 is 4.74 Å². The van der Waals surface area contributed by atoms with Gasteiger partial charge in [0, 0.05) is 35.6 Å². The highest BCUT2D eigenvalue weighted by atomic mass is 35.5. The van der Waals surface area contributed by atoms with Gasteiger partial charge in [-0.1, -0.05) is 41.0 Å². The van der Waals surface area contributed by atoms with Gasteiger partial charge >= 0.3 is 0 Å². The first-order chi connectivity index (χ1) is 14.5. The molecule has 0 unspecified atom stereocenters. The first-order valence-corrected chi connectivity index (χ1v) is 11.5. The lowest BCUT2D eigenvalue weighted by Gasteiger charge is -2.41. The topological polar surface area (TPSA) is 81.6 Å². The minimum atomic E-state index is 0.0708. The first kappa shape index (κ1) is 20.3. The number of nitrogens with zero attached hydrogens (tertiary/aromatic N) is 5. The van der Waals surface area contributed by atoms with Gasteiger partial charge in [-0.2, -0.15) is 0 Å². The molecule has 2 aliphatic heterocycles. The molecule has 7 nitrogen and oxygen atoms in total. The van der Waals surface area contributed by atoms with Crippen molar-refractivity contribution in [3.8, 4) is 0 Å². The van der Waals surface area contributed by atoms with E-state index in [0.717, 1.165) is 53.9 Å². The lowest BCUT2D eigenvalue weighted by Crippen LogP contribution is -2.51. The van der Waals surface area contributed by atoms with E-state index < -0.39 is 0 Å². The van der Waals surface area contributed by atoms with Crippen LogP contribution in [-0.2, 0) is 4.74 Å². The minimum Gasteiger partial charge on any atom is -0.376 e. The van der Waals surface area contributed by atoms with Crippen molar-refractivity contribution in [1.29, 1.82) is 0 Å². The summed E-state index contributed by atoms with van der Waals surface area (Å²) in [6.07, 6.45) is 5.63. The number of rotatable bonds is 3. The highest BCUT2D eigenvalue weighted by molar-refractivity contribution is 7.99. The second kappa shape index (κ2) is 7.84. The van der Waals surface area contributed by atoms with Gasteiger partial charge in [-0.3, -0.25) is 0 Å². The zero-order valence-corrected chi connectivity index (χ0v) is 18.8. The second-order valence-corrected chi connectivity index (χ2v) is 9.86. The summed E-state index contributed by atoms with van der Waals surface area (Å²) in [6.45, 7) is 4.55. The highest BCUT2D eigenvalue weighted by Crippen LogP contribution is 2.42. The molecular formula is C20H22Cl2N6OS. The predicted octanol–water partition coefficient (Wildman–Crippen LogP) is 3.91. The minimum absolute atomic E-state index is 0.0708. The highest BCUT2D eigenvalue weighted by Gasteiger charge is 2.47. The van der Waals surface area contributed by atoms with Crippen LogP contribution in [0.4, 0.5) is 5.95 Å². The van der Waals surface area contributed by atoms with Gasteiger partial charge in [-0.05, 0) is 31.9 Å². The van der Waals surface area contributed by atoms with Crippen molar-refractivity contribution in [2.24, 2.45) is 11.1 Å². The molecule has 4 heterocycles. The van der Waals surface area contributed by atoms with Crippen molar-refractivity contribution in [2.75, 3.05) is 24.6 Å². The maximum Gasteiger partial charge on any atom is 0.212 e. The van der Waals surface area contributed by atoms with Crippen molar-refractivity contribution in [2.45, 2.75) is 41.7 Å². The van der Waals surface area contributed by atoms with E-state index in [-0.39, 0.29) is 17.6 Å². The molecule has 158 valence electrons. The summed E-state index contributed by atoms with van der Waals surface area (Å²) in [4.78, 5) is 8.75. The number of hydrogen-bond donors (Lipinski definition) is 1. The van der Waals surface area contributed by atoms with Crippen molar-refractivity contribution in [3.05, 3.63) is 40.8 Å². The smallest absolute Gasteiger partial charge is 0.212 e. The molecule has 5 rings (SSSR count). The number of anilines is 1. The van der Waals surface area contributed by atoms with E-state index >= 15 is 0 Å². The Morgan fingerprint density at radius 2 is 2.03 bits per heavy atom. The van der Waals surface area contributed by atoms with Gasteiger partial charge in [0.15, 0.2) is 5.65 Å². The molecule has 0 aliphatic carbocycles. The largest absolute Gasteiger partial charge is 0.376 e. The summed E-state index contributed by atoms with van der Waals surface area (Å²) < 4.78 is 7.78. The Bertz CT molecular complexity index is 1080. The average molecular weight is 465 g/mol. The first-order valence-electron chi connectivity index (χ1n) is 9.91. The zero-order valence-electron chi connectivity index (χ0n) is 16.5. The number of piperidine rings is 1. The van der Waals surface area contributed by atoms with Crippen LogP contribution in [0.15, 0.2) is 40.5 Å². The monoisotopic (exact) mass is 464 g/mol. The number of halogens is 2. The molecular weight excluding hydrogens is 443 g/mol. The molecule has 0 bridgehead atoms. The number of benzene rings is 1. The van der Waals surface area contributed by atoms with E-state index in [1.807, 2.05) is 22.7 Å². The van der Waals surface area contributed by atoms with E-state index in [0.29, 0.717) is 10.0 Å². The van der Waals surface area contributed by atoms with Crippen LogP contribution in [0.3, 0.4) is 0 Å². The van der Waals surface area contributed by atoms with E-state index in [4.69, 9.17) is 38.7 Å². The van der Waals surface area contributed by atoms with Crippen molar-refractivity contribution in [1.82, 2.24) is 19.6 Å². The molecule has 30 heavy (non-hydrogen) atoms. The molecule has 1 aromatic carbocycles. The zero-order chi connectivity index (χ0) is 20.9. The van der Waals surface area contributed by atoms with Gasteiger partial charge in [0.05, 0.1) is 27.7 Å². The fraction of sp³-hybridized carbons (Fsp3) is 0.450. The Hall–Kier alpha value is -1.58. The molecule has 0 saturated carbocycles. The van der Waals surface area contributed by atoms with Crippen molar-refractivity contribution in [3.63, 3.8) is 0 Å². The number of aromatic nitrogens is 4. The average Bonchev–Trinajstić information content (AvgIpc) is 3.35. The number of fused-ring (bicyclic) bond motifs is 1. The molecule has 3 aromatic rings. The Morgan fingerprint density at radius 1 is 1.23 bits per heavy atom. The molecule has 10 heteroatoms. The van der Waals surface area contributed by atoms with E-state index in [2.05, 4.69) is 22.0 Å². The summed E-state index contributed by atoms with van der Waals surface area (Å²) in [5.41, 5.74) is 7.27. The van der Waals surface area contributed by atoms with E-state index in [9.17, 15) is 0 Å².